The van der Waals surface area contributed by atoms with E-state index in [9.17, 15) is 0 Å². The van der Waals surface area contributed by atoms with Crippen LogP contribution in [0, 0.1) is 12.7 Å². The van der Waals surface area contributed by atoms with Gasteiger partial charge in [0.2, 0.25) is 0 Å². The molecule has 3 fully saturated rings. The number of aryl methyl sites for hydroxylation is 1. The number of hydrogen-bond acceptors (Lipinski definition) is 8. The van der Waals surface area contributed by atoms with Crippen LogP contribution in [0.15, 0.2) is 30.3 Å². The normalized spacial score (nSPS) is 23.6. The summed E-state index contributed by atoms with van der Waals surface area (Å²) < 4.78 is 22.3. The molecule has 9 nitrogen and oxygen atoms in total. The molecule has 38 heavy (non-hydrogen) atoms. The molecule has 3 aliphatic heterocycles. The number of likely N-dealkylation sites (tertiary alicyclic amines) is 1. The van der Waals surface area contributed by atoms with E-state index in [1.54, 1.807) is 6.07 Å². The van der Waals surface area contributed by atoms with E-state index < -0.39 is 5.82 Å². The number of hydrogen-bond donors (Lipinski definition) is 3. The summed E-state index contributed by atoms with van der Waals surface area (Å²) in [4.78, 5) is 14.0. The number of anilines is 3. The number of nitrogens with zero attached hydrogens (tertiary/aromatic N) is 5. The second-order valence-electron chi connectivity index (χ2n) is 11.0. The first-order valence-corrected chi connectivity index (χ1v) is 13.6. The van der Waals surface area contributed by atoms with E-state index >= 15 is 4.39 Å². The van der Waals surface area contributed by atoms with E-state index in [0.717, 1.165) is 67.6 Å². The standard InChI is InChI=1S/C28H33FN8O/c1-16-5-3-7-20-24(16)34-35-26(20)31-22-11-10-21-25(23(22)29)32-28(38-15-19-6-4-12-36(19)2)33-27(21)37-13-17-8-9-18(14-37)30-17/h3,5,7,10-11,17-19,30H,4,6,8-9,12-15H2,1-2H3,(H2,31,34,35)/t17-,18+,19-/m0/s1. The van der Waals surface area contributed by atoms with Crippen molar-refractivity contribution in [3.8, 4) is 6.01 Å². The Labute approximate surface area is 220 Å². The van der Waals surface area contributed by atoms with Crippen molar-refractivity contribution in [2.75, 3.05) is 43.5 Å². The van der Waals surface area contributed by atoms with Crippen molar-refractivity contribution in [2.45, 2.75) is 50.7 Å². The van der Waals surface area contributed by atoms with Crippen LogP contribution in [0.5, 0.6) is 6.01 Å². The Bertz CT molecular complexity index is 1490. The number of piperazine rings is 1. The minimum Gasteiger partial charge on any atom is -0.462 e. The second-order valence-corrected chi connectivity index (χ2v) is 11.0. The summed E-state index contributed by atoms with van der Waals surface area (Å²) in [5.41, 5.74) is 2.59. The smallest absolute Gasteiger partial charge is 0.319 e. The molecule has 3 saturated heterocycles. The van der Waals surface area contributed by atoms with Crippen LogP contribution in [-0.4, -0.2) is 76.5 Å². The fraction of sp³-hybridized carbons (Fsp3) is 0.464. The average molecular weight is 517 g/mol. The number of aromatic nitrogens is 4. The summed E-state index contributed by atoms with van der Waals surface area (Å²) >= 11 is 0. The van der Waals surface area contributed by atoms with Crippen molar-refractivity contribution in [2.24, 2.45) is 0 Å². The maximum absolute atomic E-state index is 16.2. The molecule has 0 spiro atoms. The number of likely N-dealkylation sites (N-methyl/N-ethyl adjacent to an activating group) is 1. The predicted octanol–water partition coefficient (Wildman–Crippen LogP) is 4.11. The van der Waals surface area contributed by atoms with Crippen LogP contribution in [0.1, 0.15) is 31.2 Å². The molecule has 3 aliphatic rings. The van der Waals surface area contributed by atoms with Crippen molar-refractivity contribution in [1.82, 2.24) is 30.4 Å². The molecule has 4 aromatic rings. The van der Waals surface area contributed by atoms with Crippen LogP contribution in [0.3, 0.4) is 0 Å². The van der Waals surface area contributed by atoms with Crippen LogP contribution in [0.4, 0.5) is 21.7 Å². The van der Waals surface area contributed by atoms with E-state index in [-0.39, 0.29) is 11.5 Å². The van der Waals surface area contributed by atoms with Crippen molar-refractivity contribution >= 4 is 39.1 Å². The van der Waals surface area contributed by atoms with Gasteiger partial charge in [-0.1, -0.05) is 12.1 Å². The molecule has 0 saturated carbocycles. The summed E-state index contributed by atoms with van der Waals surface area (Å²) in [6, 6.07) is 11.0. The molecule has 0 amide bonds. The molecule has 5 heterocycles. The Hall–Kier alpha value is -3.50. The fourth-order valence-electron chi connectivity index (χ4n) is 6.27. The molecule has 0 unspecified atom stereocenters. The van der Waals surface area contributed by atoms with Gasteiger partial charge in [-0.2, -0.15) is 15.1 Å². The molecular weight excluding hydrogens is 483 g/mol. The summed E-state index contributed by atoms with van der Waals surface area (Å²) in [5, 5.41) is 15.9. The van der Waals surface area contributed by atoms with Gasteiger partial charge in [0.25, 0.3) is 0 Å². The van der Waals surface area contributed by atoms with Gasteiger partial charge in [0.15, 0.2) is 11.6 Å². The highest BCUT2D eigenvalue weighted by atomic mass is 19.1. The number of aromatic amines is 1. The molecule has 0 radical (unpaired) electrons. The van der Waals surface area contributed by atoms with Gasteiger partial charge in [0.05, 0.1) is 11.2 Å². The van der Waals surface area contributed by atoms with Crippen LogP contribution in [0.25, 0.3) is 21.8 Å². The number of rotatable bonds is 6. The molecule has 3 N–H and O–H groups in total. The lowest BCUT2D eigenvalue weighted by Crippen LogP contribution is -2.51. The van der Waals surface area contributed by atoms with E-state index in [2.05, 4.69) is 42.7 Å². The lowest BCUT2D eigenvalue weighted by atomic mass is 10.1. The van der Waals surface area contributed by atoms with Gasteiger partial charge in [0.1, 0.15) is 17.9 Å². The van der Waals surface area contributed by atoms with Crippen LogP contribution in [0.2, 0.25) is 0 Å². The third kappa shape index (κ3) is 4.12. The van der Waals surface area contributed by atoms with Gasteiger partial charge in [-0.25, -0.2) is 4.39 Å². The maximum Gasteiger partial charge on any atom is 0.319 e. The first kappa shape index (κ1) is 23.6. The topological polar surface area (TPSA) is 94.2 Å². The lowest BCUT2D eigenvalue weighted by Gasteiger charge is -2.34. The number of para-hydroxylation sites is 1. The Morgan fingerprint density at radius 1 is 1.08 bits per heavy atom. The summed E-state index contributed by atoms with van der Waals surface area (Å²) in [6.45, 7) is 5.26. The van der Waals surface area contributed by atoms with Crippen LogP contribution < -0.4 is 20.3 Å². The number of ether oxygens (including phenoxy) is 1. The van der Waals surface area contributed by atoms with E-state index in [1.165, 1.54) is 0 Å². The van der Waals surface area contributed by atoms with E-state index in [1.807, 2.05) is 31.2 Å². The Morgan fingerprint density at radius 2 is 1.92 bits per heavy atom. The largest absolute Gasteiger partial charge is 0.462 e. The number of halogens is 1. The molecule has 10 heteroatoms. The minimum absolute atomic E-state index is 0.232. The zero-order valence-corrected chi connectivity index (χ0v) is 21.8. The number of nitrogens with one attached hydrogen (secondary N) is 3. The van der Waals surface area contributed by atoms with Gasteiger partial charge < -0.3 is 25.2 Å². The van der Waals surface area contributed by atoms with Crippen LogP contribution in [-0.2, 0) is 0 Å². The Kier molecular flexibility index (Phi) is 5.81. The van der Waals surface area contributed by atoms with Gasteiger partial charge in [0, 0.05) is 42.0 Å². The predicted molar refractivity (Wildman–Crippen MR) is 147 cm³/mol. The van der Waals surface area contributed by atoms with Gasteiger partial charge in [-0.3, -0.25) is 5.10 Å². The number of fused-ring (bicyclic) bond motifs is 4. The summed E-state index contributed by atoms with van der Waals surface area (Å²) in [5.74, 6) is 0.890. The average Bonchev–Trinajstić information content (AvgIpc) is 3.63. The number of benzene rings is 2. The molecule has 3 atom stereocenters. The first-order chi connectivity index (χ1) is 18.5. The third-order valence-electron chi connectivity index (χ3n) is 8.42. The van der Waals surface area contributed by atoms with E-state index in [4.69, 9.17) is 9.72 Å². The quantitative estimate of drug-likeness (QED) is 0.353. The molecule has 2 bridgehead atoms. The second kappa shape index (κ2) is 9.36. The molecule has 0 aliphatic carbocycles. The zero-order chi connectivity index (χ0) is 25.8. The highest BCUT2D eigenvalue weighted by molar-refractivity contribution is 5.96. The summed E-state index contributed by atoms with van der Waals surface area (Å²) in [7, 11) is 2.11. The fourth-order valence-corrected chi connectivity index (χ4v) is 6.27. The van der Waals surface area contributed by atoms with Crippen molar-refractivity contribution in [3.05, 3.63) is 41.7 Å². The summed E-state index contributed by atoms with van der Waals surface area (Å²) in [6.07, 6.45) is 4.54. The van der Waals surface area contributed by atoms with E-state index in [0.29, 0.717) is 41.6 Å². The molecule has 2 aromatic heterocycles. The first-order valence-electron chi connectivity index (χ1n) is 13.6. The third-order valence-corrected chi connectivity index (χ3v) is 8.42. The maximum atomic E-state index is 16.2. The highest BCUT2D eigenvalue weighted by Crippen LogP contribution is 2.35. The highest BCUT2D eigenvalue weighted by Gasteiger charge is 2.34. The van der Waals surface area contributed by atoms with Crippen molar-refractivity contribution in [3.63, 3.8) is 0 Å². The van der Waals surface area contributed by atoms with Crippen LogP contribution >= 0.6 is 0 Å². The molecule has 198 valence electrons. The lowest BCUT2D eigenvalue weighted by molar-refractivity contribution is 0.188. The Morgan fingerprint density at radius 3 is 2.71 bits per heavy atom. The zero-order valence-electron chi connectivity index (χ0n) is 21.8. The molecule has 7 rings (SSSR count). The molecule has 2 aromatic carbocycles. The Balaban J connectivity index is 1.27. The van der Waals surface area contributed by atoms with Crippen molar-refractivity contribution in [1.29, 1.82) is 0 Å². The SMILES string of the molecule is Cc1cccc2c(Nc3ccc4c(N5C[C@H]6CC[C@@H](C5)N6)nc(OC[C@@H]5CCCN5C)nc4c3F)n[nH]c12. The van der Waals surface area contributed by atoms with Gasteiger partial charge >= 0.3 is 6.01 Å². The number of H-pyrrole nitrogens is 1. The molecular formula is C28H33FN8O. The monoisotopic (exact) mass is 516 g/mol. The van der Waals surface area contributed by atoms with Crippen molar-refractivity contribution < 1.29 is 9.13 Å². The van der Waals surface area contributed by atoms with Gasteiger partial charge in [-0.05, 0) is 70.0 Å². The minimum atomic E-state index is -0.434. The van der Waals surface area contributed by atoms with Gasteiger partial charge in [-0.15, -0.1) is 0 Å².